The fourth-order valence-corrected chi connectivity index (χ4v) is 2.71. The first-order chi connectivity index (χ1) is 10.7. The van der Waals surface area contributed by atoms with Gasteiger partial charge in [0.05, 0.1) is 0 Å². The molecule has 0 spiro atoms. The summed E-state index contributed by atoms with van der Waals surface area (Å²) in [5.74, 6) is 2.01. The lowest BCUT2D eigenvalue weighted by molar-refractivity contribution is 0.462. The summed E-state index contributed by atoms with van der Waals surface area (Å²) in [4.78, 5) is 12.8. The van der Waals surface area contributed by atoms with Crippen LogP contribution >= 0.6 is 0 Å². The molecule has 2 aromatic heterocycles. The maximum atomic E-state index is 6.20. The Morgan fingerprint density at radius 2 is 1.82 bits per heavy atom. The maximum Gasteiger partial charge on any atom is 0.160 e. The topological polar surface area (TPSA) is 88.8 Å². The van der Waals surface area contributed by atoms with E-state index in [2.05, 4.69) is 25.6 Å². The first-order valence-electron chi connectivity index (χ1n) is 7.79. The lowest BCUT2D eigenvalue weighted by Gasteiger charge is -2.24. The first-order valence-corrected chi connectivity index (χ1v) is 7.79. The minimum atomic E-state index is 0.455. The Morgan fingerprint density at radius 3 is 2.55 bits per heavy atom. The highest BCUT2D eigenvalue weighted by molar-refractivity contribution is 5.76. The fourth-order valence-electron chi connectivity index (χ4n) is 2.71. The molecule has 1 aliphatic carbocycles. The average molecular weight is 298 g/mol. The predicted octanol–water partition coefficient (Wildman–Crippen LogP) is 3.25. The highest BCUT2D eigenvalue weighted by atomic mass is 15.1. The zero-order valence-corrected chi connectivity index (χ0v) is 12.8. The summed E-state index contributed by atoms with van der Waals surface area (Å²) >= 11 is 0. The first kappa shape index (κ1) is 14.6. The lowest BCUT2D eigenvalue weighted by atomic mass is 9.95. The monoisotopic (exact) mass is 298 g/mol. The Labute approximate surface area is 130 Å². The Kier molecular flexibility index (Phi) is 4.37. The molecular weight excluding hydrogens is 276 g/mol. The normalized spacial score (nSPS) is 15.5. The predicted molar refractivity (Wildman–Crippen MR) is 89.2 cm³/mol. The van der Waals surface area contributed by atoms with Crippen LogP contribution in [0.15, 0.2) is 24.7 Å². The van der Waals surface area contributed by atoms with Gasteiger partial charge >= 0.3 is 0 Å². The fraction of sp³-hybridized carbons (Fsp3) is 0.438. The van der Waals surface area contributed by atoms with Gasteiger partial charge in [-0.1, -0.05) is 25.3 Å². The van der Waals surface area contributed by atoms with Crippen LogP contribution < -0.4 is 16.4 Å². The molecule has 0 aliphatic heterocycles. The molecule has 0 radical (unpaired) electrons. The lowest BCUT2D eigenvalue weighted by Crippen LogP contribution is -2.23. The van der Waals surface area contributed by atoms with Crippen LogP contribution in [-0.2, 0) is 0 Å². The van der Waals surface area contributed by atoms with Crippen LogP contribution in [-0.4, -0.2) is 21.0 Å². The molecule has 1 saturated carbocycles. The molecule has 1 aliphatic rings. The summed E-state index contributed by atoms with van der Waals surface area (Å²) < 4.78 is 0. The molecule has 6 heteroatoms. The minimum Gasteiger partial charge on any atom is -0.393 e. The van der Waals surface area contributed by atoms with E-state index in [-0.39, 0.29) is 0 Å². The van der Waals surface area contributed by atoms with Crippen LogP contribution in [0.3, 0.4) is 0 Å². The van der Waals surface area contributed by atoms with Crippen molar-refractivity contribution in [2.75, 3.05) is 16.4 Å². The third kappa shape index (κ3) is 3.44. The second-order valence-corrected chi connectivity index (χ2v) is 5.81. The summed E-state index contributed by atoms with van der Waals surface area (Å²) in [5.41, 5.74) is 7.85. The van der Waals surface area contributed by atoms with Gasteiger partial charge in [0, 0.05) is 12.2 Å². The van der Waals surface area contributed by atoms with Crippen molar-refractivity contribution in [3.05, 3.63) is 30.2 Å². The van der Waals surface area contributed by atoms with Gasteiger partial charge < -0.3 is 16.4 Å². The minimum absolute atomic E-state index is 0.455. The molecular formula is C16H22N6. The van der Waals surface area contributed by atoms with Crippen molar-refractivity contribution in [2.24, 2.45) is 0 Å². The van der Waals surface area contributed by atoms with Crippen LogP contribution in [0.25, 0.3) is 0 Å². The summed E-state index contributed by atoms with van der Waals surface area (Å²) in [7, 11) is 0. The van der Waals surface area contributed by atoms with E-state index in [0.29, 0.717) is 23.4 Å². The number of nitrogens with two attached hydrogens (primary N) is 1. The van der Waals surface area contributed by atoms with Crippen molar-refractivity contribution < 1.29 is 0 Å². The Balaban J connectivity index is 1.74. The Morgan fingerprint density at radius 1 is 1.05 bits per heavy atom. The number of hydrogen-bond donors (Lipinski definition) is 3. The summed E-state index contributed by atoms with van der Waals surface area (Å²) in [5, 5.41) is 6.60. The van der Waals surface area contributed by atoms with E-state index in [0.717, 1.165) is 11.4 Å². The van der Waals surface area contributed by atoms with Crippen molar-refractivity contribution in [3.63, 3.8) is 0 Å². The molecule has 6 nitrogen and oxygen atoms in total. The Bertz CT molecular complexity index is 619. The third-order valence-corrected chi connectivity index (χ3v) is 3.99. The molecule has 3 rings (SSSR count). The maximum absolute atomic E-state index is 6.20. The second kappa shape index (κ2) is 6.60. The van der Waals surface area contributed by atoms with E-state index in [4.69, 9.17) is 5.73 Å². The van der Waals surface area contributed by atoms with Crippen LogP contribution in [0.4, 0.5) is 23.1 Å². The molecule has 0 bridgehead atoms. The van der Waals surface area contributed by atoms with Crippen molar-refractivity contribution in [2.45, 2.75) is 45.1 Å². The number of hydrogen-bond acceptors (Lipinski definition) is 6. The Hall–Kier alpha value is -2.37. The number of nitrogen functional groups attached to an aromatic ring is 1. The van der Waals surface area contributed by atoms with E-state index in [1.807, 2.05) is 19.1 Å². The highest BCUT2D eigenvalue weighted by Gasteiger charge is 2.16. The highest BCUT2D eigenvalue weighted by Crippen LogP contribution is 2.28. The molecule has 0 aromatic carbocycles. The van der Waals surface area contributed by atoms with Gasteiger partial charge in [-0.25, -0.2) is 15.0 Å². The number of pyridine rings is 1. The number of aryl methyl sites for hydroxylation is 1. The summed E-state index contributed by atoms with van der Waals surface area (Å²) in [6, 6.07) is 4.36. The SMILES string of the molecule is Cc1ccc(Nc2ncnc(NC3CCCCC3)c2N)nc1. The molecule has 0 saturated heterocycles. The quantitative estimate of drug-likeness (QED) is 0.803. The van der Waals surface area contributed by atoms with E-state index < -0.39 is 0 Å². The van der Waals surface area contributed by atoms with Gasteiger partial charge in [-0.15, -0.1) is 0 Å². The number of aromatic nitrogens is 3. The van der Waals surface area contributed by atoms with Crippen LogP contribution in [0, 0.1) is 6.92 Å². The standard InChI is InChI=1S/C16H22N6/c1-11-7-8-13(18-9-11)22-16-14(17)15(19-10-20-16)21-12-5-3-2-4-6-12/h7-10,12H,2-6,17H2,1H3,(H2,18,19,20,21,22). The van der Waals surface area contributed by atoms with Crippen LogP contribution in [0.1, 0.15) is 37.7 Å². The molecule has 1 fully saturated rings. The molecule has 0 unspecified atom stereocenters. The van der Waals surface area contributed by atoms with Crippen LogP contribution in [0.5, 0.6) is 0 Å². The van der Waals surface area contributed by atoms with Crippen LogP contribution in [0.2, 0.25) is 0 Å². The zero-order valence-electron chi connectivity index (χ0n) is 12.8. The van der Waals surface area contributed by atoms with Crippen molar-refractivity contribution >= 4 is 23.1 Å². The number of rotatable bonds is 4. The smallest absolute Gasteiger partial charge is 0.160 e. The number of nitrogens with zero attached hydrogens (tertiary/aromatic N) is 3. The zero-order chi connectivity index (χ0) is 15.4. The van der Waals surface area contributed by atoms with Gasteiger partial charge in [0.15, 0.2) is 11.6 Å². The molecule has 0 atom stereocenters. The number of anilines is 4. The molecule has 116 valence electrons. The van der Waals surface area contributed by atoms with Gasteiger partial charge in [-0.05, 0) is 31.4 Å². The van der Waals surface area contributed by atoms with Crippen molar-refractivity contribution in [3.8, 4) is 0 Å². The van der Waals surface area contributed by atoms with E-state index in [1.165, 1.54) is 38.4 Å². The van der Waals surface area contributed by atoms with Gasteiger partial charge in [0.25, 0.3) is 0 Å². The molecule has 22 heavy (non-hydrogen) atoms. The van der Waals surface area contributed by atoms with E-state index in [1.54, 1.807) is 6.20 Å². The van der Waals surface area contributed by atoms with Crippen molar-refractivity contribution in [1.82, 2.24) is 15.0 Å². The summed E-state index contributed by atoms with van der Waals surface area (Å²) in [6.07, 6.45) is 9.53. The summed E-state index contributed by atoms with van der Waals surface area (Å²) in [6.45, 7) is 2.00. The largest absolute Gasteiger partial charge is 0.393 e. The molecule has 0 amide bonds. The van der Waals surface area contributed by atoms with E-state index >= 15 is 0 Å². The average Bonchev–Trinajstić information content (AvgIpc) is 2.54. The second-order valence-electron chi connectivity index (χ2n) is 5.81. The van der Waals surface area contributed by atoms with Gasteiger partial charge in [0.1, 0.15) is 17.8 Å². The molecule has 2 heterocycles. The third-order valence-electron chi connectivity index (χ3n) is 3.99. The van der Waals surface area contributed by atoms with Gasteiger partial charge in [-0.2, -0.15) is 0 Å². The van der Waals surface area contributed by atoms with E-state index in [9.17, 15) is 0 Å². The van der Waals surface area contributed by atoms with Crippen molar-refractivity contribution in [1.29, 1.82) is 0 Å². The van der Waals surface area contributed by atoms with Gasteiger partial charge in [0.2, 0.25) is 0 Å². The molecule has 2 aromatic rings. The number of nitrogens with one attached hydrogen (secondary N) is 2. The van der Waals surface area contributed by atoms with Gasteiger partial charge in [-0.3, -0.25) is 0 Å². The molecule has 4 N–H and O–H groups in total.